The average molecular weight is 306 g/mol. The lowest BCUT2D eigenvalue weighted by molar-refractivity contribution is -0.115. The van der Waals surface area contributed by atoms with Crippen LogP contribution in [-0.4, -0.2) is 17.7 Å². The maximum absolute atomic E-state index is 12.3. The molecule has 0 fully saturated rings. The molecule has 23 heavy (non-hydrogen) atoms. The number of hydrogen-bond acceptors (Lipinski definition) is 4. The Morgan fingerprint density at radius 2 is 1.96 bits per heavy atom. The van der Waals surface area contributed by atoms with Crippen molar-refractivity contribution in [2.75, 3.05) is 12.1 Å². The lowest BCUT2D eigenvalue weighted by Gasteiger charge is -2.08. The van der Waals surface area contributed by atoms with Crippen molar-refractivity contribution >= 4 is 22.5 Å². The fourth-order valence-electron chi connectivity index (χ4n) is 2.66. The summed E-state index contributed by atoms with van der Waals surface area (Å²) in [5.74, 6) is 1.25. The molecule has 1 aliphatic rings. The van der Waals surface area contributed by atoms with E-state index in [1.165, 1.54) is 0 Å². The number of benzene rings is 2. The third kappa shape index (κ3) is 2.68. The number of nitrogens with one attached hydrogen (secondary N) is 1. The molecular formula is C18H14N2O3. The number of carbonyl (C=O) groups is 1. The highest BCUT2D eigenvalue weighted by molar-refractivity contribution is 5.95. The minimum absolute atomic E-state index is 0.0954. The molecule has 0 bridgehead atoms. The van der Waals surface area contributed by atoms with Gasteiger partial charge in [0.25, 0.3) is 0 Å². The molecule has 1 aromatic heterocycles. The first-order valence-electron chi connectivity index (χ1n) is 7.32. The zero-order valence-electron chi connectivity index (χ0n) is 12.3. The summed E-state index contributed by atoms with van der Waals surface area (Å²) in [4.78, 5) is 16.7. The number of ether oxygens (including phenoxy) is 2. The van der Waals surface area contributed by atoms with E-state index in [0.29, 0.717) is 17.2 Å². The second-order valence-corrected chi connectivity index (χ2v) is 5.29. The Morgan fingerprint density at radius 1 is 1.09 bits per heavy atom. The van der Waals surface area contributed by atoms with Crippen molar-refractivity contribution in [3.63, 3.8) is 0 Å². The SMILES string of the molecule is O=C(Cc1cccc2cccnc12)Nc1ccc2c(c1)OCO2. The summed E-state index contributed by atoms with van der Waals surface area (Å²) in [5, 5.41) is 3.91. The van der Waals surface area contributed by atoms with Crippen LogP contribution < -0.4 is 14.8 Å². The van der Waals surface area contributed by atoms with Crippen LogP contribution in [0, 0.1) is 0 Å². The summed E-state index contributed by atoms with van der Waals surface area (Å²) in [6, 6.07) is 15.1. The zero-order valence-corrected chi connectivity index (χ0v) is 12.3. The Labute approximate surface area is 132 Å². The van der Waals surface area contributed by atoms with Crippen LogP contribution in [0.1, 0.15) is 5.56 Å². The highest BCUT2D eigenvalue weighted by Gasteiger charge is 2.14. The summed E-state index contributed by atoms with van der Waals surface area (Å²) in [5.41, 5.74) is 2.45. The van der Waals surface area contributed by atoms with Gasteiger partial charge in [0.05, 0.1) is 11.9 Å². The molecular weight excluding hydrogens is 292 g/mol. The minimum atomic E-state index is -0.0954. The number of hydrogen-bond donors (Lipinski definition) is 1. The maximum atomic E-state index is 12.3. The lowest BCUT2D eigenvalue weighted by Crippen LogP contribution is -2.14. The van der Waals surface area contributed by atoms with E-state index in [2.05, 4.69) is 10.3 Å². The fraction of sp³-hybridized carbons (Fsp3) is 0.111. The fourth-order valence-corrected chi connectivity index (χ4v) is 2.66. The number of nitrogens with zero attached hydrogens (tertiary/aromatic N) is 1. The molecule has 3 aromatic rings. The van der Waals surface area contributed by atoms with Crippen LogP contribution in [0.2, 0.25) is 0 Å². The molecule has 1 amide bonds. The van der Waals surface area contributed by atoms with E-state index in [1.807, 2.05) is 30.3 Å². The van der Waals surface area contributed by atoms with E-state index >= 15 is 0 Å². The molecule has 5 heteroatoms. The van der Waals surface area contributed by atoms with E-state index in [1.54, 1.807) is 24.4 Å². The molecule has 0 spiro atoms. The Morgan fingerprint density at radius 3 is 2.91 bits per heavy atom. The van der Waals surface area contributed by atoms with Gasteiger partial charge in [-0.05, 0) is 23.8 Å². The van der Waals surface area contributed by atoms with E-state index < -0.39 is 0 Å². The van der Waals surface area contributed by atoms with Crippen molar-refractivity contribution in [3.05, 3.63) is 60.3 Å². The number of aromatic nitrogens is 1. The van der Waals surface area contributed by atoms with E-state index in [-0.39, 0.29) is 19.1 Å². The molecule has 5 nitrogen and oxygen atoms in total. The molecule has 2 heterocycles. The molecule has 0 radical (unpaired) electrons. The first-order valence-corrected chi connectivity index (χ1v) is 7.32. The maximum Gasteiger partial charge on any atom is 0.231 e. The van der Waals surface area contributed by atoms with Crippen molar-refractivity contribution in [3.8, 4) is 11.5 Å². The van der Waals surface area contributed by atoms with Crippen LogP contribution in [0.4, 0.5) is 5.69 Å². The summed E-state index contributed by atoms with van der Waals surface area (Å²) in [7, 11) is 0. The Balaban J connectivity index is 1.53. The van der Waals surface area contributed by atoms with E-state index in [4.69, 9.17) is 9.47 Å². The zero-order chi connectivity index (χ0) is 15.6. The standard InChI is InChI=1S/C18H14N2O3/c21-17(20-14-6-7-15-16(10-14)23-11-22-15)9-13-4-1-3-12-5-2-8-19-18(12)13/h1-8,10H,9,11H2,(H,20,21). The lowest BCUT2D eigenvalue weighted by atomic mass is 10.1. The summed E-state index contributed by atoms with van der Waals surface area (Å²) >= 11 is 0. The van der Waals surface area contributed by atoms with E-state index in [9.17, 15) is 4.79 Å². The van der Waals surface area contributed by atoms with Crippen molar-refractivity contribution in [1.29, 1.82) is 0 Å². The molecule has 114 valence electrons. The van der Waals surface area contributed by atoms with Crippen molar-refractivity contribution < 1.29 is 14.3 Å². The molecule has 1 N–H and O–H groups in total. The number of anilines is 1. The topological polar surface area (TPSA) is 60.5 Å². The van der Waals surface area contributed by atoms with Crippen molar-refractivity contribution in [2.45, 2.75) is 6.42 Å². The van der Waals surface area contributed by atoms with Gasteiger partial charge >= 0.3 is 0 Å². The number of para-hydroxylation sites is 1. The van der Waals surface area contributed by atoms with Crippen LogP contribution in [0.15, 0.2) is 54.7 Å². The second-order valence-electron chi connectivity index (χ2n) is 5.29. The molecule has 0 unspecified atom stereocenters. The van der Waals surface area contributed by atoms with Crippen LogP contribution in [0.5, 0.6) is 11.5 Å². The van der Waals surface area contributed by atoms with Gasteiger partial charge < -0.3 is 14.8 Å². The third-order valence-corrected chi connectivity index (χ3v) is 3.72. The quantitative estimate of drug-likeness (QED) is 0.807. The van der Waals surface area contributed by atoms with Gasteiger partial charge in [-0.25, -0.2) is 0 Å². The van der Waals surface area contributed by atoms with Crippen molar-refractivity contribution in [1.82, 2.24) is 4.98 Å². The third-order valence-electron chi connectivity index (χ3n) is 3.72. The smallest absolute Gasteiger partial charge is 0.231 e. The number of amides is 1. The Hall–Kier alpha value is -3.08. The minimum Gasteiger partial charge on any atom is -0.454 e. The van der Waals surface area contributed by atoms with Gasteiger partial charge in [0, 0.05) is 23.3 Å². The molecule has 0 saturated carbocycles. The number of fused-ring (bicyclic) bond motifs is 2. The van der Waals surface area contributed by atoms with Gasteiger partial charge in [0.15, 0.2) is 11.5 Å². The molecule has 0 atom stereocenters. The highest BCUT2D eigenvalue weighted by Crippen LogP contribution is 2.34. The normalized spacial score (nSPS) is 12.3. The molecule has 0 saturated heterocycles. The number of pyridine rings is 1. The molecule has 1 aliphatic heterocycles. The van der Waals surface area contributed by atoms with Crippen LogP contribution >= 0.6 is 0 Å². The number of rotatable bonds is 3. The Bertz CT molecular complexity index is 887. The van der Waals surface area contributed by atoms with Gasteiger partial charge in [0.2, 0.25) is 12.7 Å². The first-order chi connectivity index (χ1) is 11.3. The van der Waals surface area contributed by atoms with Crippen LogP contribution in [-0.2, 0) is 11.2 Å². The van der Waals surface area contributed by atoms with Gasteiger partial charge in [-0.2, -0.15) is 0 Å². The Kier molecular flexibility index (Phi) is 3.31. The molecule has 2 aromatic carbocycles. The monoisotopic (exact) mass is 306 g/mol. The first kappa shape index (κ1) is 13.6. The predicted octanol–water partition coefficient (Wildman–Crippen LogP) is 3.14. The van der Waals surface area contributed by atoms with Gasteiger partial charge in [0.1, 0.15) is 0 Å². The van der Waals surface area contributed by atoms with Gasteiger partial charge in [-0.1, -0.05) is 24.3 Å². The largest absolute Gasteiger partial charge is 0.454 e. The van der Waals surface area contributed by atoms with Crippen molar-refractivity contribution in [2.24, 2.45) is 0 Å². The van der Waals surface area contributed by atoms with Gasteiger partial charge in [-0.15, -0.1) is 0 Å². The molecule has 0 aliphatic carbocycles. The summed E-state index contributed by atoms with van der Waals surface area (Å²) < 4.78 is 10.6. The van der Waals surface area contributed by atoms with Gasteiger partial charge in [-0.3, -0.25) is 9.78 Å². The summed E-state index contributed by atoms with van der Waals surface area (Å²) in [6.45, 7) is 0.217. The van der Waals surface area contributed by atoms with E-state index in [0.717, 1.165) is 16.5 Å². The number of carbonyl (C=O) groups excluding carboxylic acids is 1. The van der Waals surface area contributed by atoms with Crippen LogP contribution in [0.25, 0.3) is 10.9 Å². The highest BCUT2D eigenvalue weighted by atomic mass is 16.7. The second kappa shape index (κ2) is 5.61. The predicted molar refractivity (Wildman–Crippen MR) is 86.6 cm³/mol. The average Bonchev–Trinajstić information content (AvgIpc) is 3.03. The van der Waals surface area contributed by atoms with Crippen LogP contribution in [0.3, 0.4) is 0 Å². The molecule has 4 rings (SSSR count). The summed E-state index contributed by atoms with van der Waals surface area (Å²) in [6.07, 6.45) is 2.00.